The van der Waals surface area contributed by atoms with Gasteiger partial charge in [0.25, 0.3) is 0 Å². The van der Waals surface area contributed by atoms with Crippen molar-refractivity contribution in [3.8, 4) is 0 Å². The molecule has 0 aliphatic carbocycles. The molecule has 0 aromatic carbocycles. The zero-order chi connectivity index (χ0) is 33.0. The fourth-order valence-corrected chi connectivity index (χ4v) is 7.43. The first-order valence-electron chi connectivity index (χ1n) is 16.5. The highest BCUT2D eigenvalue weighted by Gasteiger charge is 2.51. The van der Waals surface area contributed by atoms with E-state index < -0.39 is 47.6 Å². The number of hydrogen-bond donors (Lipinski definition) is 1. The zero-order valence-corrected chi connectivity index (χ0v) is 28.9. The van der Waals surface area contributed by atoms with E-state index in [1.807, 2.05) is 39.9 Å². The van der Waals surface area contributed by atoms with Gasteiger partial charge in [-0.3, -0.25) is 14.5 Å². The number of Topliss-reactive ketones (excluding diaryl/α,β-unsaturated/α-hetero) is 1. The molecule has 0 bridgehead atoms. The maximum Gasteiger partial charge on any atom is 0.319 e. The van der Waals surface area contributed by atoms with Crippen LogP contribution in [-0.2, 0) is 28.5 Å². The number of hydrogen-bond acceptors (Lipinski definition) is 10. The third-order valence-electron chi connectivity index (χ3n) is 10.2. The molecule has 0 aromatic rings. The summed E-state index contributed by atoms with van der Waals surface area (Å²) in [5.74, 6) is -1.53. The van der Waals surface area contributed by atoms with Gasteiger partial charge in [0.05, 0.1) is 17.8 Å². The summed E-state index contributed by atoms with van der Waals surface area (Å²) in [6.07, 6.45) is -0.200. The fourth-order valence-electron chi connectivity index (χ4n) is 7.43. The molecule has 3 heterocycles. The number of likely N-dealkylation sites (N-methyl/N-ethyl adjacent to an activating group) is 2. The topological polar surface area (TPSA) is 101 Å². The van der Waals surface area contributed by atoms with Gasteiger partial charge in [-0.1, -0.05) is 13.8 Å². The summed E-state index contributed by atoms with van der Waals surface area (Å²) in [7, 11) is 7.49. The molecule has 3 rings (SSSR count). The van der Waals surface area contributed by atoms with E-state index in [1.54, 1.807) is 27.9 Å². The lowest BCUT2D eigenvalue weighted by atomic mass is 9.74. The Hall–Kier alpha value is -1.21. The average molecular weight is 630 g/mol. The summed E-state index contributed by atoms with van der Waals surface area (Å²) in [6.45, 7) is 14.0. The summed E-state index contributed by atoms with van der Waals surface area (Å²) in [5, 5.41) is 11.3. The third kappa shape index (κ3) is 8.98. The van der Waals surface area contributed by atoms with Crippen molar-refractivity contribution in [3.63, 3.8) is 0 Å². The van der Waals surface area contributed by atoms with Crippen LogP contribution in [0.25, 0.3) is 0 Å². The van der Waals surface area contributed by atoms with Gasteiger partial charge in [-0.25, -0.2) is 4.39 Å². The molecule has 0 aromatic heterocycles. The second-order valence-corrected chi connectivity index (χ2v) is 14.8. The molecule has 0 unspecified atom stereocenters. The number of aliphatic hydroxyl groups excluding tert-OH is 1. The quantitative estimate of drug-likeness (QED) is 0.318. The van der Waals surface area contributed by atoms with Gasteiger partial charge >= 0.3 is 5.97 Å². The van der Waals surface area contributed by atoms with Crippen LogP contribution < -0.4 is 0 Å². The minimum Gasteiger partial charge on any atom is -0.463 e. The van der Waals surface area contributed by atoms with E-state index in [1.165, 1.54) is 0 Å². The minimum absolute atomic E-state index is 0.0506. The van der Waals surface area contributed by atoms with E-state index in [0.29, 0.717) is 32.4 Å². The first-order valence-corrected chi connectivity index (χ1v) is 16.5. The van der Waals surface area contributed by atoms with Gasteiger partial charge < -0.3 is 33.9 Å². The van der Waals surface area contributed by atoms with Crippen LogP contribution in [0, 0.1) is 17.3 Å². The Morgan fingerprint density at radius 1 is 1.14 bits per heavy atom. The zero-order valence-electron chi connectivity index (χ0n) is 28.9. The van der Waals surface area contributed by atoms with Crippen LogP contribution in [0.4, 0.5) is 4.39 Å². The number of aliphatic hydroxyl groups is 1. The second kappa shape index (κ2) is 15.6. The minimum atomic E-state index is -1.43. The summed E-state index contributed by atoms with van der Waals surface area (Å²) < 4.78 is 38.5. The normalized spacial score (nSPS) is 40.3. The molecule has 10 nitrogen and oxygen atoms in total. The number of ketones is 1. The monoisotopic (exact) mass is 629 g/mol. The van der Waals surface area contributed by atoms with Crippen LogP contribution in [0.3, 0.4) is 0 Å². The van der Waals surface area contributed by atoms with Crippen molar-refractivity contribution in [1.82, 2.24) is 14.7 Å². The molecular formula is C33H60FN3O7. The second-order valence-electron chi connectivity index (χ2n) is 14.8. The number of nitrogens with zero attached hydrogens (tertiary/aromatic N) is 3. The van der Waals surface area contributed by atoms with Gasteiger partial charge in [-0.15, -0.1) is 0 Å². The Bertz CT molecular complexity index is 954. The van der Waals surface area contributed by atoms with E-state index in [0.717, 1.165) is 25.9 Å². The highest BCUT2D eigenvalue weighted by Crippen LogP contribution is 2.38. The number of alkyl halides is 1. The molecule has 3 aliphatic heterocycles. The number of methoxy groups -OCH3 is 1. The Morgan fingerprint density at radius 2 is 1.82 bits per heavy atom. The molecule has 1 N–H and O–H groups in total. The van der Waals surface area contributed by atoms with Crippen LogP contribution in [0.15, 0.2) is 0 Å². The van der Waals surface area contributed by atoms with Crippen LogP contribution in [-0.4, -0.2) is 141 Å². The molecule has 0 radical (unpaired) electrons. The van der Waals surface area contributed by atoms with E-state index in [2.05, 4.69) is 16.7 Å². The number of carbonyl (C=O) groups is 2. The molecule has 44 heavy (non-hydrogen) atoms. The fraction of sp³-hybridized carbons (Fsp3) is 0.939. The predicted octanol–water partition coefficient (Wildman–Crippen LogP) is 3.14. The Labute approximate surface area is 264 Å². The largest absolute Gasteiger partial charge is 0.463 e. The first-order chi connectivity index (χ1) is 20.5. The Morgan fingerprint density at radius 3 is 2.41 bits per heavy atom. The summed E-state index contributed by atoms with van der Waals surface area (Å²) in [6, 6.07) is -0.233. The highest BCUT2D eigenvalue weighted by atomic mass is 19.1. The first kappa shape index (κ1) is 37.2. The van der Waals surface area contributed by atoms with E-state index in [9.17, 15) is 19.1 Å². The summed E-state index contributed by atoms with van der Waals surface area (Å²) >= 11 is 0. The Balaban J connectivity index is 1.88. The van der Waals surface area contributed by atoms with Crippen molar-refractivity contribution in [2.45, 2.75) is 122 Å². The van der Waals surface area contributed by atoms with Crippen molar-refractivity contribution in [1.29, 1.82) is 0 Å². The summed E-state index contributed by atoms with van der Waals surface area (Å²) in [4.78, 5) is 34.0. The smallest absolute Gasteiger partial charge is 0.319 e. The van der Waals surface area contributed by atoms with Crippen LogP contribution >= 0.6 is 0 Å². The van der Waals surface area contributed by atoms with Crippen molar-refractivity contribution < 1.29 is 38.0 Å². The molecule has 10 atom stereocenters. The number of esters is 1. The average Bonchev–Trinajstić information content (AvgIpc) is 3.37. The molecule has 0 saturated carbocycles. The predicted molar refractivity (Wildman–Crippen MR) is 167 cm³/mol. The van der Waals surface area contributed by atoms with E-state index in [4.69, 9.17) is 18.9 Å². The maximum atomic E-state index is 14.1. The molecule has 0 spiro atoms. The van der Waals surface area contributed by atoms with Gasteiger partial charge in [0, 0.05) is 44.7 Å². The molecule has 3 saturated heterocycles. The van der Waals surface area contributed by atoms with Crippen molar-refractivity contribution in [3.05, 3.63) is 0 Å². The van der Waals surface area contributed by atoms with E-state index in [-0.39, 0.29) is 36.5 Å². The van der Waals surface area contributed by atoms with Crippen LogP contribution in [0.5, 0.6) is 0 Å². The molecule has 3 aliphatic rings. The van der Waals surface area contributed by atoms with E-state index >= 15 is 0 Å². The summed E-state index contributed by atoms with van der Waals surface area (Å²) in [5.41, 5.74) is -2.37. The number of likely N-dealkylation sites (tertiary alicyclic amines) is 1. The number of rotatable bonds is 8. The molecule has 256 valence electrons. The number of halogens is 1. The standard InChI is InChI=1S/C33H60FN3O7/c1-21-17-33(6,41-10)29(44-30-27(38)26(35(7)8)16-22(2)43-30)23(3)28(39)32(4,5)31(40)42-20-25(36(9)18-21)12-11-14-37-15-13-24(34)19-37/h21-27,29-30,38H,11-20H2,1-10H3/t21-,22-,23+,24-,25+,26+,27-,29-,30+,33-/m1/s1. The lowest BCUT2D eigenvalue weighted by molar-refractivity contribution is -0.295. The Kier molecular flexibility index (Phi) is 13.2. The molecule has 11 heteroatoms. The number of carbonyl (C=O) groups excluding carboxylic acids is 2. The van der Waals surface area contributed by atoms with Gasteiger partial charge in [0.2, 0.25) is 0 Å². The number of ether oxygens (including phenoxy) is 4. The van der Waals surface area contributed by atoms with Crippen LogP contribution in [0.1, 0.15) is 73.6 Å². The van der Waals surface area contributed by atoms with Crippen molar-refractivity contribution in [2.24, 2.45) is 17.3 Å². The molecular weight excluding hydrogens is 569 g/mol. The maximum absolute atomic E-state index is 14.1. The van der Waals surface area contributed by atoms with Gasteiger partial charge in [0.15, 0.2) is 12.1 Å². The number of cyclic esters (lactones) is 1. The SMILES string of the molecule is CO[C@]1(C)C[C@@H](C)CN(C)[C@@H](CCCN2CC[C@@H](F)C2)COC(=O)C(C)(C)C(=O)[C@H](C)[C@H]1O[C@@H]1O[C@H](C)C[C@H](N(C)C)[C@H]1O. The van der Waals surface area contributed by atoms with Crippen molar-refractivity contribution in [2.75, 3.05) is 61.0 Å². The van der Waals surface area contributed by atoms with Gasteiger partial charge in [0.1, 0.15) is 24.3 Å². The van der Waals surface area contributed by atoms with Gasteiger partial charge in [-0.2, -0.15) is 0 Å². The molecule has 0 amide bonds. The highest BCUT2D eigenvalue weighted by molar-refractivity contribution is 6.04. The lowest BCUT2D eigenvalue weighted by Gasteiger charge is -2.47. The van der Waals surface area contributed by atoms with Crippen molar-refractivity contribution >= 4 is 11.8 Å². The van der Waals surface area contributed by atoms with Gasteiger partial charge in [-0.05, 0) is 93.4 Å². The lowest BCUT2D eigenvalue weighted by Crippen LogP contribution is -2.59. The van der Waals surface area contributed by atoms with Crippen LogP contribution in [0.2, 0.25) is 0 Å². The third-order valence-corrected chi connectivity index (χ3v) is 10.2. The molecule has 3 fully saturated rings.